The van der Waals surface area contributed by atoms with Gasteiger partial charge >= 0.3 is 0 Å². The number of hydrogen-bond acceptors (Lipinski definition) is 3. The molecule has 0 unspecified atom stereocenters. The van der Waals surface area contributed by atoms with Crippen LogP contribution in [0.5, 0.6) is 0 Å². The SMILES string of the molecule is CC(C)Cc1cccc(-c2[c-]cccc2)n1.[Ir].[c-]1ccc(-c2cccc3c2oc2ccccc23)cc1-c1ccccn1. The van der Waals surface area contributed by atoms with Crippen LogP contribution in [-0.4, -0.2) is 9.97 Å². The number of fused-ring (bicyclic) bond motifs is 3. The van der Waals surface area contributed by atoms with Gasteiger partial charge in [0.1, 0.15) is 11.2 Å². The molecule has 0 saturated heterocycles. The van der Waals surface area contributed by atoms with Gasteiger partial charge in [-0.1, -0.05) is 80.1 Å². The van der Waals surface area contributed by atoms with E-state index >= 15 is 0 Å². The molecular formula is C38H30IrN2O-2. The fourth-order valence-corrected chi connectivity index (χ4v) is 4.99. The van der Waals surface area contributed by atoms with Gasteiger partial charge in [-0.2, -0.15) is 0 Å². The molecule has 4 aromatic carbocycles. The number of benzene rings is 4. The van der Waals surface area contributed by atoms with Gasteiger partial charge in [-0.25, -0.2) is 0 Å². The zero-order chi connectivity index (χ0) is 28.0. The van der Waals surface area contributed by atoms with E-state index in [0.717, 1.165) is 67.7 Å². The molecule has 3 nitrogen and oxygen atoms in total. The van der Waals surface area contributed by atoms with Crippen molar-refractivity contribution in [2.75, 3.05) is 0 Å². The van der Waals surface area contributed by atoms with Crippen LogP contribution in [0.4, 0.5) is 0 Å². The summed E-state index contributed by atoms with van der Waals surface area (Å²) in [7, 11) is 0. The molecule has 0 aliphatic carbocycles. The smallest absolute Gasteiger partial charge is 0.141 e. The van der Waals surface area contributed by atoms with Gasteiger partial charge in [0.05, 0.1) is 0 Å². The summed E-state index contributed by atoms with van der Waals surface area (Å²) < 4.78 is 6.16. The van der Waals surface area contributed by atoms with Crippen LogP contribution in [0.1, 0.15) is 19.5 Å². The number of para-hydroxylation sites is 2. The molecule has 3 aromatic heterocycles. The van der Waals surface area contributed by atoms with Crippen LogP contribution in [0, 0.1) is 18.1 Å². The topological polar surface area (TPSA) is 38.9 Å². The molecule has 0 fully saturated rings. The zero-order valence-corrected chi connectivity index (χ0v) is 25.9. The number of aromatic nitrogens is 2. The minimum Gasteiger partial charge on any atom is -0.455 e. The quantitative estimate of drug-likeness (QED) is 0.166. The van der Waals surface area contributed by atoms with E-state index in [-0.39, 0.29) is 20.1 Å². The fourth-order valence-electron chi connectivity index (χ4n) is 4.99. The third-order valence-electron chi connectivity index (χ3n) is 6.87. The van der Waals surface area contributed by atoms with Crippen molar-refractivity contribution in [3.05, 3.63) is 145 Å². The maximum atomic E-state index is 6.16. The van der Waals surface area contributed by atoms with E-state index in [4.69, 9.17) is 4.42 Å². The standard InChI is InChI=1S/C23H14NO.C15H16N.Ir/c1-2-13-22-19(9-1)20-11-6-10-18(23(20)25-22)16-7-5-8-17(15-16)21-12-3-4-14-24-21;1-12(2)11-14-9-6-10-15(16-14)13-7-4-3-5-8-13;/h1-7,9-15H;3-7,9-10,12H,11H2,1-2H3;/q2*-1;. The summed E-state index contributed by atoms with van der Waals surface area (Å²) in [6, 6.07) is 47.1. The number of pyridine rings is 2. The Balaban J connectivity index is 0.000000181. The van der Waals surface area contributed by atoms with Crippen LogP contribution in [0.2, 0.25) is 0 Å². The summed E-state index contributed by atoms with van der Waals surface area (Å²) in [4.78, 5) is 9.08. The predicted octanol–water partition coefficient (Wildman–Crippen LogP) is 9.86. The zero-order valence-electron chi connectivity index (χ0n) is 23.5. The summed E-state index contributed by atoms with van der Waals surface area (Å²) in [5.74, 6) is 0.641. The van der Waals surface area contributed by atoms with Gasteiger partial charge in [-0.05, 0) is 41.9 Å². The molecule has 7 aromatic rings. The monoisotopic (exact) mass is 723 g/mol. The van der Waals surface area contributed by atoms with Crippen molar-refractivity contribution in [3.8, 4) is 33.6 Å². The number of nitrogens with zero attached hydrogens (tertiary/aromatic N) is 2. The average molecular weight is 723 g/mol. The average Bonchev–Trinajstić information content (AvgIpc) is 3.41. The number of hydrogen-bond donors (Lipinski definition) is 0. The van der Waals surface area contributed by atoms with Gasteiger partial charge in [0, 0.05) is 48.3 Å². The Labute approximate surface area is 260 Å². The van der Waals surface area contributed by atoms with E-state index in [0.29, 0.717) is 5.92 Å². The van der Waals surface area contributed by atoms with Gasteiger partial charge in [-0.3, -0.25) is 0 Å². The van der Waals surface area contributed by atoms with Crippen LogP contribution in [0.25, 0.3) is 55.6 Å². The first kappa shape index (κ1) is 29.1. The third-order valence-corrected chi connectivity index (χ3v) is 6.87. The van der Waals surface area contributed by atoms with Crippen molar-refractivity contribution in [2.24, 2.45) is 5.92 Å². The van der Waals surface area contributed by atoms with Crippen molar-refractivity contribution in [1.29, 1.82) is 0 Å². The molecule has 0 amide bonds. The van der Waals surface area contributed by atoms with E-state index in [1.807, 2.05) is 72.8 Å². The Bertz CT molecular complexity index is 1900. The molecule has 0 atom stereocenters. The predicted molar refractivity (Wildman–Crippen MR) is 168 cm³/mol. The van der Waals surface area contributed by atoms with Crippen molar-refractivity contribution >= 4 is 21.9 Å². The van der Waals surface area contributed by atoms with E-state index < -0.39 is 0 Å². The first-order chi connectivity index (χ1) is 20.2. The van der Waals surface area contributed by atoms with Gasteiger partial charge in [-0.15, -0.1) is 65.7 Å². The Hall–Kier alpha value is -4.37. The molecular weight excluding hydrogens is 693 g/mol. The third kappa shape index (κ3) is 6.57. The number of furan rings is 1. The molecule has 42 heavy (non-hydrogen) atoms. The summed E-state index contributed by atoms with van der Waals surface area (Å²) in [6.07, 6.45) is 2.83. The van der Waals surface area contributed by atoms with Crippen molar-refractivity contribution in [2.45, 2.75) is 20.3 Å². The largest absolute Gasteiger partial charge is 0.455 e. The van der Waals surface area contributed by atoms with Gasteiger partial charge in [0.25, 0.3) is 0 Å². The van der Waals surface area contributed by atoms with Gasteiger partial charge in [0.2, 0.25) is 0 Å². The second kappa shape index (κ2) is 13.5. The molecule has 7 rings (SSSR count). The van der Waals surface area contributed by atoms with E-state index in [9.17, 15) is 0 Å². The second-order valence-electron chi connectivity index (χ2n) is 10.4. The first-order valence-electron chi connectivity index (χ1n) is 13.9. The van der Waals surface area contributed by atoms with Gasteiger partial charge in [0.15, 0.2) is 0 Å². The minimum absolute atomic E-state index is 0. The van der Waals surface area contributed by atoms with Crippen LogP contribution in [-0.2, 0) is 26.5 Å². The van der Waals surface area contributed by atoms with Crippen molar-refractivity contribution in [1.82, 2.24) is 9.97 Å². The summed E-state index contributed by atoms with van der Waals surface area (Å²) in [6.45, 7) is 4.42. The fraction of sp³-hybridized carbons (Fsp3) is 0.105. The molecule has 1 radical (unpaired) electrons. The van der Waals surface area contributed by atoms with E-state index in [1.165, 1.54) is 0 Å². The maximum Gasteiger partial charge on any atom is 0.141 e. The normalized spacial score (nSPS) is 10.7. The molecule has 0 N–H and O–H groups in total. The second-order valence-corrected chi connectivity index (χ2v) is 10.4. The Morgan fingerprint density at radius 3 is 2.26 bits per heavy atom. The minimum atomic E-state index is 0. The number of rotatable bonds is 5. The molecule has 0 spiro atoms. The Morgan fingerprint density at radius 1 is 0.690 bits per heavy atom. The summed E-state index contributed by atoms with van der Waals surface area (Å²) in [5.41, 5.74) is 9.15. The molecule has 3 heterocycles. The summed E-state index contributed by atoms with van der Waals surface area (Å²) >= 11 is 0. The molecule has 0 bridgehead atoms. The van der Waals surface area contributed by atoms with Gasteiger partial charge < -0.3 is 14.4 Å². The van der Waals surface area contributed by atoms with Crippen molar-refractivity contribution < 1.29 is 24.5 Å². The Kier molecular flexibility index (Phi) is 9.38. The van der Waals surface area contributed by atoms with Crippen LogP contribution in [0.15, 0.2) is 132 Å². The van der Waals surface area contributed by atoms with Crippen LogP contribution >= 0.6 is 0 Å². The van der Waals surface area contributed by atoms with E-state index in [1.54, 1.807) is 6.20 Å². The molecule has 0 aliphatic rings. The van der Waals surface area contributed by atoms with Crippen LogP contribution < -0.4 is 0 Å². The Morgan fingerprint density at radius 2 is 1.45 bits per heavy atom. The molecule has 0 saturated carbocycles. The maximum absolute atomic E-state index is 6.16. The molecule has 0 aliphatic heterocycles. The summed E-state index contributed by atoms with van der Waals surface area (Å²) in [5, 5.41) is 2.28. The molecule has 4 heteroatoms. The van der Waals surface area contributed by atoms with Crippen molar-refractivity contribution in [3.63, 3.8) is 0 Å². The van der Waals surface area contributed by atoms with Crippen LogP contribution in [0.3, 0.4) is 0 Å². The molecule has 209 valence electrons. The van der Waals surface area contributed by atoms with E-state index in [2.05, 4.69) is 84.5 Å². The first-order valence-corrected chi connectivity index (χ1v) is 13.9.